The molecule has 10 heteroatoms. The highest BCUT2D eigenvalue weighted by Gasteiger charge is 2.38. The standard InChI is InChI=1S/C23H31N3O2.C2HF3O2/c27-22(26-15-13-18-8-4-5-9-21(18)26)11-10-19(16-17-6-2-1-3-7-17)25-23(28)20-12-14-24-20;3-2(4,5)1(6)7/h4-5,8-11,17,19-20,24H,1-3,6-7,12-16H2,(H,25,28);(H,6,7)/b11-10+;/t19-,20+;/m1./s1. The zero-order valence-corrected chi connectivity index (χ0v) is 19.5. The largest absolute Gasteiger partial charge is 0.490 e. The number of alkyl halides is 3. The number of benzene rings is 1. The van der Waals surface area contributed by atoms with Crippen LogP contribution in [0.1, 0.15) is 50.5 Å². The van der Waals surface area contributed by atoms with Gasteiger partial charge in [-0.3, -0.25) is 9.59 Å². The van der Waals surface area contributed by atoms with Crippen LogP contribution >= 0.6 is 0 Å². The number of hydrogen-bond acceptors (Lipinski definition) is 4. The number of para-hydroxylation sites is 1. The molecule has 35 heavy (non-hydrogen) atoms. The van der Waals surface area contributed by atoms with Crippen LogP contribution in [-0.2, 0) is 20.8 Å². The number of hydrogen-bond donors (Lipinski definition) is 3. The number of halogens is 3. The van der Waals surface area contributed by atoms with E-state index in [1.807, 2.05) is 29.2 Å². The van der Waals surface area contributed by atoms with Gasteiger partial charge in [-0.2, -0.15) is 13.2 Å². The van der Waals surface area contributed by atoms with E-state index in [2.05, 4.69) is 16.7 Å². The molecule has 4 rings (SSSR count). The number of rotatable bonds is 6. The summed E-state index contributed by atoms with van der Waals surface area (Å²) in [6.07, 6.45) is 7.59. The van der Waals surface area contributed by atoms with Crippen molar-refractivity contribution in [1.82, 2.24) is 10.6 Å². The average Bonchev–Trinajstić information content (AvgIpc) is 3.21. The number of anilines is 1. The van der Waals surface area contributed by atoms with Crippen LogP contribution in [0.4, 0.5) is 18.9 Å². The van der Waals surface area contributed by atoms with Gasteiger partial charge >= 0.3 is 12.1 Å². The fraction of sp³-hybridized carbons (Fsp3) is 0.560. The number of nitrogens with zero attached hydrogens (tertiary/aromatic N) is 1. The molecule has 0 spiro atoms. The van der Waals surface area contributed by atoms with E-state index in [-0.39, 0.29) is 23.9 Å². The first kappa shape index (κ1) is 26.7. The smallest absolute Gasteiger partial charge is 0.475 e. The molecule has 7 nitrogen and oxygen atoms in total. The fourth-order valence-electron chi connectivity index (χ4n) is 4.62. The van der Waals surface area contributed by atoms with Crippen LogP contribution in [0.5, 0.6) is 0 Å². The zero-order valence-electron chi connectivity index (χ0n) is 19.5. The van der Waals surface area contributed by atoms with E-state index in [4.69, 9.17) is 9.90 Å². The molecule has 3 aliphatic rings. The van der Waals surface area contributed by atoms with E-state index in [9.17, 15) is 22.8 Å². The highest BCUT2D eigenvalue weighted by atomic mass is 19.4. The summed E-state index contributed by atoms with van der Waals surface area (Å²) in [6.45, 7) is 1.64. The molecule has 2 aliphatic heterocycles. The summed E-state index contributed by atoms with van der Waals surface area (Å²) in [4.78, 5) is 36.0. The van der Waals surface area contributed by atoms with Gasteiger partial charge in [0.1, 0.15) is 0 Å². The average molecular weight is 496 g/mol. The van der Waals surface area contributed by atoms with Gasteiger partial charge in [-0.25, -0.2) is 4.79 Å². The number of nitrogens with one attached hydrogen (secondary N) is 2. The Morgan fingerprint density at radius 1 is 1.14 bits per heavy atom. The van der Waals surface area contributed by atoms with Crippen molar-refractivity contribution in [3.8, 4) is 0 Å². The topological polar surface area (TPSA) is 98.7 Å². The van der Waals surface area contributed by atoms with Crippen LogP contribution in [0.15, 0.2) is 36.4 Å². The predicted octanol–water partition coefficient (Wildman–Crippen LogP) is 3.58. The summed E-state index contributed by atoms with van der Waals surface area (Å²) < 4.78 is 31.7. The minimum absolute atomic E-state index is 0.00890. The lowest BCUT2D eigenvalue weighted by atomic mass is 9.84. The Kier molecular flexibility index (Phi) is 9.31. The number of fused-ring (bicyclic) bond motifs is 1. The molecule has 192 valence electrons. The quantitative estimate of drug-likeness (QED) is 0.524. The van der Waals surface area contributed by atoms with E-state index in [1.165, 1.54) is 37.7 Å². The maximum atomic E-state index is 12.8. The SMILES string of the molecule is O=C(N[C@H](/C=C/C(=O)N1CCc2ccccc21)CC1CCCCC1)[C@@H]1CCN1.O=C(O)C(F)(F)F. The third kappa shape index (κ3) is 7.81. The van der Waals surface area contributed by atoms with Gasteiger partial charge in [0, 0.05) is 24.4 Å². The van der Waals surface area contributed by atoms with Crippen LogP contribution in [0, 0.1) is 5.92 Å². The molecule has 3 N–H and O–H groups in total. The van der Waals surface area contributed by atoms with Crippen molar-refractivity contribution < 1.29 is 32.7 Å². The molecule has 0 unspecified atom stereocenters. The maximum absolute atomic E-state index is 12.8. The number of carboxylic acids is 1. The van der Waals surface area contributed by atoms with Gasteiger partial charge < -0.3 is 20.6 Å². The van der Waals surface area contributed by atoms with Crippen LogP contribution < -0.4 is 15.5 Å². The highest BCUT2D eigenvalue weighted by molar-refractivity contribution is 6.03. The monoisotopic (exact) mass is 495 g/mol. The lowest BCUT2D eigenvalue weighted by molar-refractivity contribution is -0.192. The highest BCUT2D eigenvalue weighted by Crippen LogP contribution is 2.29. The van der Waals surface area contributed by atoms with Crippen molar-refractivity contribution in [2.45, 2.75) is 69.6 Å². The van der Waals surface area contributed by atoms with Crippen molar-refractivity contribution in [3.63, 3.8) is 0 Å². The molecular formula is C25H32F3N3O4. The number of carbonyl (C=O) groups is 3. The van der Waals surface area contributed by atoms with Gasteiger partial charge in [-0.15, -0.1) is 0 Å². The molecule has 2 amide bonds. The van der Waals surface area contributed by atoms with E-state index < -0.39 is 12.1 Å². The first-order valence-electron chi connectivity index (χ1n) is 12.1. The summed E-state index contributed by atoms with van der Waals surface area (Å²) in [5, 5.41) is 13.5. The van der Waals surface area contributed by atoms with Crippen molar-refractivity contribution >= 4 is 23.5 Å². The first-order valence-corrected chi connectivity index (χ1v) is 12.1. The van der Waals surface area contributed by atoms with Crippen molar-refractivity contribution in [3.05, 3.63) is 42.0 Å². The number of carbonyl (C=O) groups excluding carboxylic acids is 2. The molecule has 0 aromatic heterocycles. The van der Waals surface area contributed by atoms with E-state index in [0.717, 1.165) is 38.0 Å². The molecule has 2 heterocycles. The lowest BCUT2D eigenvalue weighted by Gasteiger charge is -2.30. The van der Waals surface area contributed by atoms with Crippen LogP contribution in [0.2, 0.25) is 0 Å². The molecule has 0 radical (unpaired) electrons. The van der Waals surface area contributed by atoms with E-state index in [1.54, 1.807) is 6.08 Å². The molecule has 2 fully saturated rings. The van der Waals surface area contributed by atoms with Gasteiger partial charge in [-0.05, 0) is 43.4 Å². The number of aliphatic carboxylic acids is 1. The van der Waals surface area contributed by atoms with Gasteiger partial charge in [0.25, 0.3) is 5.91 Å². The molecule has 1 saturated heterocycles. The van der Waals surface area contributed by atoms with Crippen molar-refractivity contribution in [1.29, 1.82) is 0 Å². The third-order valence-electron chi connectivity index (χ3n) is 6.65. The second-order valence-corrected chi connectivity index (χ2v) is 9.18. The third-order valence-corrected chi connectivity index (χ3v) is 6.65. The summed E-state index contributed by atoms with van der Waals surface area (Å²) in [6, 6.07) is 7.96. The van der Waals surface area contributed by atoms with Crippen LogP contribution in [0.3, 0.4) is 0 Å². The summed E-state index contributed by atoms with van der Waals surface area (Å²) in [5.41, 5.74) is 2.25. The minimum Gasteiger partial charge on any atom is -0.475 e. The molecule has 0 bridgehead atoms. The Morgan fingerprint density at radius 3 is 2.40 bits per heavy atom. The predicted molar refractivity (Wildman–Crippen MR) is 125 cm³/mol. The lowest BCUT2D eigenvalue weighted by Crippen LogP contribution is -2.55. The molecule has 1 aliphatic carbocycles. The minimum atomic E-state index is -5.08. The molecule has 2 atom stereocenters. The van der Waals surface area contributed by atoms with Gasteiger partial charge in [0.2, 0.25) is 5.91 Å². The Balaban J connectivity index is 0.000000429. The van der Waals surface area contributed by atoms with Crippen LogP contribution in [-0.4, -0.2) is 54.2 Å². The van der Waals surface area contributed by atoms with Crippen molar-refractivity contribution in [2.24, 2.45) is 5.92 Å². The fourth-order valence-corrected chi connectivity index (χ4v) is 4.62. The molecule has 1 aromatic rings. The Bertz CT molecular complexity index is 925. The van der Waals surface area contributed by atoms with Crippen LogP contribution in [0.25, 0.3) is 0 Å². The van der Waals surface area contributed by atoms with Gasteiger partial charge in [0.05, 0.1) is 6.04 Å². The first-order chi connectivity index (χ1) is 16.6. The Morgan fingerprint density at radius 2 is 1.80 bits per heavy atom. The second-order valence-electron chi connectivity index (χ2n) is 9.18. The molecule has 1 aromatic carbocycles. The maximum Gasteiger partial charge on any atom is 0.490 e. The number of carboxylic acid groups (broad SMARTS) is 1. The summed E-state index contributed by atoms with van der Waals surface area (Å²) in [7, 11) is 0. The second kappa shape index (κ2) is 12.2. The van der Waals surface area contributed by atoms with E-state index in [0.29, 0.717) is 5.92 Å². The van der Waals surface area contributed by atoms with Gasteiger partial charge in [0.15, 0.2) is 0 Å². The van der Waals surface area contributed by atoms with Crippen molar-refractivity contribution in [2.75, 3.05) is 18.0 Å². The normalized spacial score (nSPS) is 20.9. The zero-order chi connectivity index (χ0) is 25.4. The molecular weight excluding hydrogens is 463 g/mol. The summed E-state index contributed by atoms with van der Waals surface area (Å²) in [5.74, 6) is -2.04. The Labute approximate surface area is 202 Å². The van der Waals surface area contributed by atoms with E-state index >= 15 is 0 Å². The molecule has 1 saturated carbocycles. The van der Waals surface area contributed by atoms with Gasteiger partial charge in [-0.1, -0.05) is 56.4 Å². The Hall–Kier alpha value is -2.88. The summed E-state index contributed by atoms with van der Waals surface area (Å²) >= 11 is 0. The number of amides is 2.